The molecule has 0 saturated heterocycles. The lowest BCUT2D eigenvalue weighted by Gasteiger charge is -2.14. The van der Waals surface area contributed by atoms with Crippen LogP contribution < -0.4 is 10.1 Å². The summed E-state index contributed by atoms with van der Waals surface area (Å²) < 4.78 is 19.3. The Morgan fingerprint density at radius 1 is 1.13 bits per heavy atom. The summed E-state index contributed by atoms with van der Waals surface area (Å²) in [5, 5.41) is 3.51. The molecule has 1 amide bonds. The van der Waals surface area contributed by atoms with Gasteiger partial charge in [0.25, 0.3) is 5.91 Å². The molecule has 154 valence electrons. The maximum atomic E-state index is 13.9. The molecule has 30 heavy (non-hydrogen) atoms. The second-order valence-corrected chi connectivity index (χ2v) is 7.48. The Balaban J connectivity index is 1.90. The van der Waals surface area contributed by atoms with Crippen LogP contribution in [0.1, 0.15) is 31.8 Å². The summed E-state index contributed by atoms with van der Waals surface area (Å²) in [6, 6.07) is 12.9. The molecule has 0 saturated carbocycles. The van der Waals surface area contributed by atoms with Crippen LogP contribution in [0.25, 0.3) is 11.1 Å². The van der Waals surface area contributed by atoms with E-state index in [1.807, 2.05) is 12.1 Å². The number of amides is 1. The van der Waals surface area contributed by atoms with Crippen molar-refractivity contribution in [1.29, 1.82) is 0 Å². The highest BCUT2D eigenvalue weighted by atomic mass is 35.5. The van der Waals surface area contributed by atoms with Crippen molar-refractivity contribution >= 4 is 35.4 Å². The van der Waals surface area contributed by atoms with Crippen molar-refractivity contribution in [3.05, 3.63) is 86.6 Å². The largest absolute Gasteiger partial charge is 0.496 e. The van der Waals surface area contributed by atoms with Crippen LogP contribution in [-0.4, -0.2) is 19.3 Å². The number of benzene rings is 3. The molecule has 0 heterocycles. The van der Waals surface area contributed by atoms with Gasteiger partial charge in [0.05, 0.1) is 23.3 Å². The molecule has 0 aromatic heterocycles. The zero-order valence-electron chi connectivity index (χ0n) is 16.3. The molecule has 0 atom stereocenters. The van der Waals surface area contributed by atoms with Crippen LogP contribution in [0.5, 0.6) is 5.75 Å². The minimum absolute atomic E-state index is 0.0151. The first-order valence-electron chi connectivity index (χ1n) is 9.00. The first-order chi connectivity index (χ1) is 14.3. The average molecular weight is 446 g/mol. The molecule has 0 spiro atoms. The SMILES string of the molecule is COc1ccc(-c2cc(C=O)c(F)cc2C)cc1CNC(=O)c1ccc(Cl)cc1Cl. The first kappa shape index (κ1) is 21.8. The summed E-state index contributed by atoms with van der Waals surface area (Å²) in [6.45, 7) is 1.94. The van der Waals surface area contributed by atoms with Crippen LogP contribution in [0, 0.1) is 12.7 Å². The van der Waals surface area contributed by atoms with Gasteiger partial charge in [-0.1, -0.05) is 29.3 Å². The van der Waals surface area contributed by atoms with Crippen LogP contribution in [0.2, 0.25) is 10.0 Å². The van der Waals surface area contributed by atoms with E-state index in [2.05, 4.69) is 5.32 Å². The van der Waals surface area contributed by atoms with E-state index in [9.17, 15) is 14.0 Å². The lowest BCUT2D eigenvalue weighted by Crippen LogP contribution is -2.23. The quantitative estimate of drug-likeness (QED) is 0.483. The molecule has 0 aliphatic heterocycles. The molecule has 0 unspecified atom stereocenters. The van der Waals surface area contributed by atoms with Crippen molar-refractivity contribution in [3.8, 4) is 16.9 Å². The topological polar surface area (TPSA) is 55.4 Å². The van der Waals surface area contributed by atoms with E-state index in [0.29, 0.717) is 33.7 Å². The zero-order valence-corrected chi connectivity index (χ0v) is 17.8. The summed E-state index contributed by atoms with van der Waals surface area (Å²) in [5.74, 6) is -0.339. The zero-order chi connectivity index (χ0) is 21.8. The molecule has 0 fully saturated rings. The molecule has 3 rings (SSSR count). The van der Waals surface area contributed by atoms with E-state index in [1.54, 1.807) is 25.1 Å². The lowest BCUT2D eigenvalue weighted by atomic mass is 9.96. The fraction of sp³-hybridized carbons (Fsp3) is 0.130. The fourth-order valence-corrected chi connectivity index (χ4v) is 3.61. The van der Waals surface area contributed by atoms with Crippen LogP contribution in [0.15, 0.2) is 48.5 Å². The minimum atomic E-state index is -0.563. The highest BCUT2D eigenvalue weighted by Gasteiger charge is 2.14. The molecule has 0 aliphatic rings. The van der Waals surface area contributed by atoms with E-state index in [4.69, 9.17) is 27.9 Å². The first-order valence-corrected chi connectivity index (χ1v) is 9.75. The van der Waals surface area contributed by atoms with Gasteiger partial charge in [0.1, 0.15) is 11.6 Å². The minimum Gasteiger partial charge on any atom is -0.496 e. The Bertz CT molecular complexity index is 1130. The predicted octanol–water partition coefficient (Wildman–Crippen LogP) is 5.86. The number of rotatable bonds is 6. The summed E-state index contributed by atoms with van der Waals surface area (Å²) in [6.07, 6.45) is 0.485. The average Bonchev–Trinajstić information content (AvgIpc) is 2.72. The van der Waals surface area contributed by atoms with Crippen molar-refractivity contribution in [2.24, 2.45) is 0 Å². The van der Waals surface area contributed by atoms with Gasteiger partial charge in [0, 0.05) is 17.1 Å². The molecule has 0 bridgehead atoms. The highest BCUT2D eigenvalue weighted by Crippen LogP contribution is 2.30. The summed E-state index contributed by atoms with van der Waals surface area (Å²) in [7, 11) is 1.53. The molecular weight excluding hydrogens is 428 g/mol. The van der Waals surface area contributed by atoms with Gasteiger partial charge < -0.3 is 10.1 Å². The second kappa shape index (κ2) is 9.28. The Labute approximate surface area is 183 Å². The second-order valence-electron chi connectivity index (χ2n) is 6.64. The molecule has 3 aromatic carbocycles. The van der Waals surface area contributed by atoms with Gasteiger partial charge >= 0.3 is 0 Å². The van der Waals surface area contributed by atoms with Gasteiger partial charge in [0.15, 0.2) is 6.29 Å². The molecule has 0 aliphatic carbocycles. The van der Waals surface area contributed by atoms with E-state index in [-0.39, 0.29) is 23.0 Å². The van der Waals surface area contributed by atoms with Crippen LogP contribution in [0.3, 0.4) is 0 Å². The third kappa shape index (κ3) is 4.64. The van der Waals surface area contributed by atoms with Crippen LogP contribution >= 0.6 is 23.2 Å². The van der Waals surface area contributed by atoms with E-state index in [0.717, 1.165) is 11.1 Å². The lowest BCUT2D eigenvalue weighted by molar-refractivity contribution is 0.0950. The van der Waals surface area contributed by atoms with Crippen molar-refractivity contribution in [2.45, 2.75) is 13.5 Å². The number of halogens is 3. The number of methoxy groups -OCH3 is 1. The van der Waals surface area contributed by atoms with Gasteiger partial charge in [-0.3, -0.25) is 9.59 Å². The highest BCUT2D eigenvalue weighted by molar-refractivity contribution is 6.36. The number of carbonyl (C=O) groups excluding carboxylic acids is 2. The Morgan fingerprint density at radius 2 is 1.90 bits per heavy atom. The molecule has 3 aromatic rings. The van der Waals surface area contributed by atoms with Crippen molar-refractivity contribution in [3.63, 3.8) is 0 Å². The molecular formula is C23H18Cl2FNO3. The molecule has 0 radical (unpaired) electrons. The predicted molar refractivity (Wildman–Crippen MR) is 116 cm³/mol. The maximum Gasteiger partial charge on any atom is 0.253 e. The van der Waals surface area contributed by atoms with E-state index < -0.39 is 5.82 Å². The van der Waals surface area contributed by atoms with E-state index in [1.165, 1.54) is 25.3 Å². The Kier molecular flexibility index (Phi) is 6.75. The summed E-state index contributed by atoms with van der Waals surface area (Å²) in [5.41, 5.74) is 3.18. The van der Waals surface area contributed by atoms with E-state index >= 15 is 0 Å². The number of aryl methyl sites for hydroxylation is 1. The number of nitrogens with one attached hydrogen (secondary N) is 1. The molecule has 1 N–H and O–H groups in total. The van der Waals surface area contributed by atoms with Gasteiger partial charge in [-0.15, -0.1) is 0 Å². The number of carbonyl (C=O) groups is 2. The number of hydrogen-bond donors (Lipinski definition) is 1. The van der Waals surface area contributed by atoms with Crippen LogP contribution in [-0.2, 0) is 6.54 Å². The van der Waals surface area contributed by atoms with Crippen LogP contribution in [0.4, 0.5) is 4.39 Å². The summed E-state index contributed by atoms with van der Waals surface area (Å²) in [4.78, 5) is 23.6. The fourth-order valence-electron chi connectivity index (χ4n) is 3.12. The summed E-state index contributed by atoms with van der Waals surface area (Å²) >= 11 is 12.0. The van der Waals surface area contributed by atoms with Gasteiger partial charge in [-0.05, 0) is 66.1 Å². The third-order valence-electron chi connectivity index (χ3n) is 4.68. The van der Waals surface area contributed by atoms with Gasteiger partial charge in [-0.2, -0.15) is 0 Å². The normalized spacial score (nSPS) is 10.6. The molecule has 4 nitrogen and oxygen atoms in total. The van der Waals surface area contributed by atoms with Crippen molar-refractivity contribution in [1.82, 2.24) is 5.32 Å². The Hall–Kier alpha value is -2.89. The smallest absolute Gasteiger partial charge is 0.253 e. The third-order valence-corrected chi connectivity index (χ3v) is 5.23. The van der Waals surface area contributed by atoms with Gasteiger partial charge in [0.2, 0.25) is 0 Å². The number of aldehydes is 1. The molecule has 7 heteroatoms. The van der Waals surface area contributed by atoms with Gasteiger partial charge in [-0.25, -0.2) is 4.39 Å². The van der Waals surface area contributed by atoms with Crippen molar-refractivity contribution in [2.75, 3.05) is 7.11 Å². The van der Waals surface area contributed by atoms with Crippen molar-refractivity contribution < 1.29 is 18.7 Å². The maximum absolute atomic E-state index is 13.9. The number of hydrogen-bond acceptors (Lipinski definition) is 3. The Morgan fingerprint density at radius 3 is 2.57 bits per heavy atom. The monoisotopic (exact) mass is 445 g/mol. The number of ether oxygens (including phenoxy) is 1. The standard InChI is InChI=1S/C23H18Cl2FNO3/c1-13-7-21(26)16(12-28)9-19(13)14-3-6-22(30-2)15(8-14)11-27-23(29)18-5-4-17(24)10-20(18)25/h3-10,12H,11H2,1-2H3,(H,27,29).